The van der Waals surface area contributed by atoms with Crippen molar-refractivity contribution in [1.29, 1.82) is 0 Å². The summed E-state index contributed by atoms with van der Waals surface area (Å²) in [5.41, 5.74) is 0.971. The van der Waals surface area contributed by atoms with E-state index in [0.29, 0.717) is 37.8 Å². The molecule has 2 aromatic carbocycles. The molecule has 1 fully saturated rings. The molecule has 0 saturated carbocycles. The fourth-order valence-electron chi connectivity index (χ4n) is 4.02. The molecule has 0 atom stereocenters. The molecule has 0 N–H and O–H groups in total. The van der Waals surface area contributed by atoms with E-state index in [0.717, 1.165) is 22.0 Å². The normalized spacial score (nSPS) is 15.5. The first-order valence-electron chi connectivity index (χ1n) is 10.6. The monoisotopic (exact) mass is 474 g/mol. The lowest BCUT2D eigenvalue weighted by Crippen LogP contribution is -2.44. The van der Waals surface area contributed by atoms with Gasteiger partial charge in [0.2, 0.25) is 15.9 Å². The molecular weight excluding hydrogens is 450 g/mol. The Labute approximate surface area is 191 Å². The van der Waals surface area contributed by atoms with Gasteiger partial charge in [-0.15, -0.1) is 0 Å². The van der Waals surface area contributed by atoms with Gasteiger partial charge in [0.15, 0.2) is 0 Å². The quantitative estimate of drug-likeness (QED) is 0.515. The van der Waals surface area contributed by atoms with Crippen molar-refractivity contribution >= 4 is 15.9 Å². The number of carbonyl (C=O) groups excluding carboxylic acids is 1. The molecule has 1 aromatic heterocycles. The zero-order valence-corrected chi connectivity index (χ0v) is 18.7. The van der Waals surface area contributed by atoms with E-state index in [9.17, 15) is 22.0 Å². The van der Waals surface area contributed by atoms with Crippen molar-refractivity contribution in [3.63, 3.8) is 0 Å². The average molecular weight is 475 g/mol. The van der Waals surface area contributed by atoms with E-state index in [2.05, 4.69) is 0 Å². The summed E-state index contributed by atoms with van der Waals surface area (Å²) in [7, 11) is -4.20. The Morgan fingerprint density at radius 3 is 2.39 bits per heavy atom. The molecule has 1 aliphatic heterocycles. The fourth-order valence-corrected chi connectivity index (χ4v) is 5.57. The van der Waals surface area contributed by atoms with E-state index in [1.165, 1.54) is 0 Å². The van der Waals surface area contributed by atoms with Gasteiger partial charge in [0.05, 0.1) is 12.8 Å². The van der Waals surface area contributed by atoms with Crippen molar-refractivity contribution in [2.75, 3.05) is 13.1 Å². The number of rotatable bonds is 7. The topological polar surface area (TPSA) is 70.8 Å². The molecule has 2 heterocycles. The van der Waals surface area contributed by atoms with Crippen LogP contribution in [0.2, 0.25) is 0 Å². The van der Waals surface area contributed by atoms with Crippen molar-refractivity contribution in [1.82, 2.24) is 9.21 Å². The van der Waals surface area contributed by atoms with Gasteiger partial charge in [-0.1, -0.05) is 30.3 Å². The van der Waals surface area contributed by atoms with Crippen LogP contribution in [-0.2, 0) is 27.9 Å². The Morgan fingerprint density at radius 1 is 1.00 bits per heavy atom. The molecule has 0 bridgehead atoms. The first-order chi connectivity index (χ1) is 15.8. The lowest BCUT2D eigenvalue weighted by molar-refractivity contribution is -0.138. The lowest BCUT2D eigenvalue weighted by atomic mass is 9.96. The predicted octanol–water partition coefficient (Wildman–Crippen LogP) is 4.19. The summed E-state index contributed by atoms with van der Waals surface area (Å²) in [5, 5.41) is 0. The first-order valence-corrected chi connectivity index (χ1v) is 12.1. The highest BCUT2D eigenvalue weighted by molar-refractivity contribution is 7.89. The number of piperidine rings is 1. The minimum atomic E-state index is -4.20. The summed E-state index contributed by atoms with van der Waals surface area (Å²) in [4.78, 5) is 14.4. The molecule has 1 aliphatic rings. The minimum absolute atomic E-state index is 0.0502. The van der Waals surface area contributed by atoms with E-state index in [1.54, 1.807) is 23.3 Å². The van der Waals surface area contributed by atoms with Crippen molar-refractivity contribution in [3.8, 4) is 0 Å². The molecule has 1 saturated heterocycles. The lowest BCUT2D eigenvalue weighted by Gasteiger charge is -2.33. The Hall–Kier alpha value is -3.04. The summed E-state index contributed by atoms with van der Waals surface area (Å²) in [5.74, 6) is -1.64. The maximum Gasteiger partial charge on any atom is 0.246 e. The van der Waals surface area contributed by atoms with Crippen molar-refractivity contribution in [2.45, 2.75) is 30.8 Å². The van der Waals surface area contributed by atoms with Crippen LogP contribution in [0.15, 0.2) is 76.2 Å². The average Bonchev–Trinajstić information content (AvgIpc) is 3.33. The van der Waals surface area contributed by atoms with Crippen LogP contribution in [0, 0.1) is 17.6 Å². The van der Waals surface area contributed by atoms with E-state index >= 15 is 0 Å². The summed E-state index contributed by atoms with van der Waals surface area (Å²) >= 11 is 0. The molecule has 3 aromatic rings. The second-order valence-corrected chi connectivity index (χ2v) is 9.92. The Morgan fingerprint density at radius 2 is 1.73 bits per heavy atom. The second kappa shape index (κ2) is 9.84. The van der Waals surface area contributed by atoms with Crippen LogP contribution in [0.5, 0.6) is 0 Å². The van der Waals surface area contributed by atoms with Gasteiger partial charge in [-0.3, -0.25) is 4.79 Å². The molecule has 1 amide bonds. The number of hydrogen-bond acceptors (Lipinski definition) is 4. The number of carbonyl (C=O) groups is 1. The van der Waals surface area contributed by atoms with Crippen LogP contribution in [-0.4, -0.2) is 36.6 Å². The van der Waals surface area contributed by atoms with Crippen LogP contribution in [0.1, 0.15) is 24.2 Å². The van der Waals surface area contributed by atoms with E-state index < -0.39 is 26.6 Å². The zero-order chi connectivity index (χ0) is 23.4. The number of nitrogens with zero attached hydrogens (tertiary/aromatic N) is 2. The van der Waals surface area contributed by atoms with E-state index in [1.807, 2.05) is 30.3 Å². The largest absolute Gasteiger partial charge is 0.467 e. The van der Waals surface area contributed by atoms with Gasteiger partial charge in [0.25, 0.3) is 0 Å². The van der Waals surface area contributed by atoms with Gasteiger partial charge in [0, 0.05) is 25.6 Å². The van der Waals surface area contributed by atoms with Gasteiger partial charge in [-0.25, -0.2) is 17.2 Å². The number of benzene rings is 2. The Kier molecular flexibility index (Phi) is 6.90. The summed E-state index contributed by atoms with van der Waals surface area (Å²) in [6.07, 6.45) is 2.13. The van der Waals surface area contributed by atoms with Gasteiger partial charge >= 0.3 is 0 Å². The van der Waals surface area contributed by atoms with Crippen LogP contribution < -0.4 is 0 Å². The summed E-state index contributed by atoms with van der Waals surface area (Å²) in [6.45, 7) is 0.796. The number of halogens is 2. The van der Waals surface area contributed by atoms with Crippen LogP contribution in [0.4, 0.5) is 8.78 Å². The van der Waals surface area contributed by atoms with Crippen LogP contribution in [0.25, 0.3) is 0 Å². The highest BCUT2D eigenvalue weighted by Gasteiger charge is 2.35. The van der Waals surface area contributed by atoms with Gasteiger partial charge in [-0.2, -0.15) is 4.31 Å². The fraction of sp³-hybridized carbons (Fsp3) is 0.292. The predicted molar refractivity (Wildman–Crippen MR) is 117 cm³/mol. The molecule has 4 rings (SSSR count). The minimum Gasteiger partial charge on any atom is -0.467 e. The third kappa shape index (κ3) is 5.31. The van der Waals surface area contributed by atoms with Gasteiger partial charge < -0.3 is 9.32 Å². The third-order valence-electron chi connectivity index (χ3n) is 5.77. The second-order valence-electron chi connectivity index (χ2n) is 8.01. The maximum absolute atomic E-state index is 14.1. The molecular formula is C24H24F2N2O4S. The van der Waals surface area contributed by atoms with Crippen LogP contribution >= 0.6 is 0 Å². The summed E-state index contributed by atoms with van der Waals surface area (Å²) in [6, 6.07) is 15.5. The Balaban J connectivity index is 1.46. The maximum atomic E-state index is 14.1. The van der Waals surface area contributed by atoms with Gasteiger partial charge in [-0.05, 0) is 48.7 Å². The number of hydrogen-bond donors (Lipinski definition) is 0. The smallest absolute Gasteiger partial charge is 0.246 e. The molecule has 33 heavy (non-hydrogen) atoms. The third-order valence-corrected chi connectivity index (χ3v) is 7.68. The molecule has 0 radical (unpaired) electrons. The number of furan rings is 1. The van der Waals surface area contributed by atoms with E-state index in [-0.39, 0.29) is 24.9 Å². The molecule has 0 unspecified atom stereocenters. The summed E-state index contributed by atoms with van der Waals surface area (Å²) < 4.78 is 59.8. The first kappa shape index (κ1) is 23.1. The number of sulfonamides is 1. The van der Waals surface area contributed by atoms with Crippen molar-refractivity contribution < 1.29 is 26.4 Å². The standard InChI is InChI=1S/C24H24F2N2O4S/c25-20-8-9-22(26)23(15-20)33(30,31)28-12-10-19(11-13-28)24(29)27(17-21-7-4-14-32-21)16-18-5-2-1-3-6-18/h1-9,14-15,19H,10-13,16-17H2. The van der Waals surface area contributed by atoms with E-state index in [4.69, 9.17) is 4.42 Å². The zero-order valence-electron chi connectivity index (χ0n) is 17.9. The van der Waals surface area contributed by atoms with Gasteiger partial charge in [0.1, 0.15) is 22.3 Å². The molecule has 0 aliphatic carbocycles. The highest BCUT2D eigenvalue weighted by atomic mass is 32.2. The molecule has 9 heteroatoms. The molecule has 174 valence electrons. The van der Waals surface area contributed by atoms with Crippen LogP contribution in [0.3, 0.4) is 0 Å². The van der Waals surface area contributed by atoms with Crippen molar-refractivity contribution in [2.24, 2.45) is 5.92 Å². The molecule has 6 nitrogen and oxygen atoms in total. The SMILES string of the molecule is O=C(C1CCN(S(=O)(=O)c2cc(F)ccc2F)CC1)N(Cc1ccccc1)Cc1ccco1. The van der Waals surface area contributed by atoms with Crippen molar-refractivity contribution in [3.05, 3.63) is 89.9 Å². The highest BCUT2D eigenvalue weighted by Crippen LogP contribution is 2.28. The molecule has 0 spiro atoms. The number of amides is 1. The Bertz CT molecular complexity index is 1190.